The van der Waals surface area contributed by atoms with Gasteiger partial charge >= 0.3 is 0 Å². The van der Waals surface area contributed by atoms with Crippen molar-refractivity contribution < 1.29 is 0 Å². The molecule has 0 bridgehead atoms. The Morgan fingerprint density at radius 2 is 2.00 bits per heavy atom. The van der Waals surface area contributed by atoms with Crippen molar-refractivity contribution in [1.29, 1.82) is 0 Å². The van der Waals surface area contributed by atoms with E-state index in [-0.39, 0.29) is 0 Å². The van der Waals surface area contributed by atoms with Crippen LogP contribution >= 0.6 is 22.9 Å². The summed E-state index contributed by atoms with van der Waals surface area (Å²) >= 11 is 7.41. The lowest BCUT2D eigenvalue weighted by Crippen LogP contribution is -1.90. The predicted octanol–water partition coefficient (Wildman–Crippen LogP) is 5.22. The highest BCUT2D eigenvalue weighted by atomic mass is 35.5. The number of aryl methyl sites for hydroxylation is 1. The molecule has 0 saturated carbocycles. The molecule has 0 aliphatic rings. The minimum Gasteiger partial charge on any atom is -0.253 e. The smallest absolute Gasteiger partial charge is 0.203 e. The van der Waals surface area contributed by atoms with Gasteiger partial charge in [0.15, 0.2) is 0 Å². The molecule has 0 atom stereocenters. The van der Waals surface area contributed by atoms with Crippen LogP contribution in [0.25, 0.3) is 11.3 Å². The van der Waals surface area contributed by atoms with Crippen LogP contribution in [0.15, 0.2) is 59.0 Å². The number of anilines is 1. The van der Waals surface area contributed by atoms with Gasteiger partial charge in [-0.3, -0.25) is 5.43 Å². The third-order valence-electron chi connectivity index (χ3n) is 3.06. The second kappa shape index (κ2) is 6.73. The third-order valence-corrected chi connectivity index (χ3v) is 4.06. The molecule has 22 heavy (non-hydrogen) atoms. The number of hydrogen-bond acceptors (Lipinski definition) is 4. The Hall–Kier alpha value is -2.17. The molecule has 2 aromatic carbocycles. The van der Waals surface area contributed by atoms with Crippen LogP contribution in [0.1, 0.15) is 11.1 Å². The van der Waals surface area contributed by atoms with Gasteiger partial charge in [-0.1, -0.05) is 53.6 Å². The summed E-state index contributed by atoms with van der Waals surface area (Å²) in [6.45, 7) is 2.06. The van der Waals surface area contributed by atoms with Gasteiger partial charge in [0.2, 0.25) is 5.13 Å². The first-order valence-corrected chi connectivity index (χ1v) is 8.04. The maximum Gasteiger partial charge on any atom is 0.203 e. The molecule has 3 nitrogen and oxygen atoms in total. The van der Waals surface area contributed by atoms with E-state index in [4.69, 9.17) is 11.6 Å². The number of hydrogen-bond donors (Lipinski definition) is 1. The van der Waals surface area contributed by atoms with Crippen LogP contribution in [0.5, 0.6) is 0 Å². The molecule has 0 amide bonds. The Balaban J connectivity index is 1.68. The van der Waals surface area contributed by atoms with Gasteiger partial charge in [0, 0.05) is 16.0 Å². The number of rotatable bonds is 4. The fourth-order valence-corrected chi connectivity index (χ4v) is 2.79. The van der Waals surface area contributed by atoms with E-state index in [1.807, 2.05) is 41.8 Å². The van der Waals surface area contributed by atoms with Crippen LogP contribution < -0.4 is 5.43 Å². The number of thiazole rings is 1. The highest BCUT2D eigenvalue weighted by molar-refractivity contribution is 7.14. The Morgan fingerprint density at radius 3 is 2.77 bits per heavy atom. The van der Waals surface area contributed by atoms with Crippen LogP contribution in [-0.4, -0.2) is 11.2 Å². The molecule has 0 unspecified atom stereocenters. The molecule has 5 heteroatoms. The number of nitrogens with zero attached hydrogens (tertiary/aromatic N) is 2. The van der Waals surface area contributed by atoms with Crippen molar-refractivity contribution in [3.05, 3.63) is 70.1 Å². The van der Waals surface area contributed by atoms with Gasteiger partial charge in [-0.2, -0.15) is 5.10 Å². The monoisotopic (exact) mass is 327 g/mol. The molecule has 1 heterocycles. The molecule has 0 aliphatic carbocycles. The normalized spacial score (nSPS) is 11.0. The minimum absolute atomic E-state index is 0.722. The van der Waals surface area contributed by atoms with Crippen molar-refractivity contribution in [2.75, 3.05) is 5.43 Å². The first kappa shape index (κ1) is 14.8. The Kier molecular flexibility index (Phi) is 4.51. The molecule has 110 valence electrons. The first-order valence-electron chi connectivity index (χ1n) is 6.78. The zero-order valence-corrected chi connectivity index (χ0v) is 13.5. The maximum atomic E-state index is 5.89. The number of aromatic nitrogens is 1. The SMILES string of the molecule is Cc1cccc(/C=N/Nc2nc(-c3ccc(Cl)cc3)cs2)c1. The second-order valence-corrected chi connectivity index (χ2v) is 6.12. The lowest BCUT2D eigenvalue weighted by atomic mass is 10.2. The van der Waals surface area contributed by atoms with E-state index in [9.17, 15) is 0 Å². The molecule has 0 spiro atoms. The molecular formula is C17H14ClN3S. The summed E-state index contributed by atoms with van der Waals surface area (Å²) in [5.74, 6) is 0. The molecule has 1 N–H and O–H groups in total. The van der Waals surface area contributed by atoms with Gasteiger partial charge in [-0.25, -0.2) is 4.98 Å². The molecule has 0 fully saturated rings. The predicted molar refractivity (Wildman–Crippen MR) is 95.0 cm³/mol. The largest absolute Gasteiger partial charge is 0.253 e. The second-order valence-electron chi connectivity index (χ2n) is 4.83. The van der Waals surface area contributed by atoms with Gasteiger partial charge in [-0.15, -0.1) is 11.3 Å². The summed E-state index contributed by atoms with van der Waals surface area (Å²) in [6, 6.07) is 15.8. The summed E-state index contributed by atoms with van der Waals surface area (Å²) < 4.78 is 0. The van der Waals surface area contributed by atoms with Crippen LogP contribution in [0.3, 0.4) is 0 Å². The summed E-state index contributed by atoms with van der Waals surface area (Å²) in [4.78, 5) is 4.51. The molecule has 0 saturated heterocycles. The summed E-state index contributed by atoms with van der Waals surface area (Å²) in [7, 11) is 0. The fraction of sp³-hybridized carbons (Fsp3) is 0.0588. The number of hydrazone groups is 1. The van der Waals surface area contributed by atoms with Gasteiger partial charge in [0.25, 0.3) is 0 Å². The van der Waals surface area contributed by atoms with Crippen LogP contribution in [0.2, 0.25) is 5.02 Å². The zero-order valence-electron chi connectivity index (χ0n) is 12.0. The van der Waals surface area contributed by atoms with E-state index in [1.54, 1.807) is 6.21 Å². The van der Waals surface area contributed by atoms with Crippen molar-refractivity contribution in [3.8, 4) is 11.3 Å². The maximum absolute atomic E-state index is 5.89. The zero-order chi connectivity index (χ0) is 15.4. The number of halogens is 1. The lowest BCUT2D eigenvalue weighted by molar-refractivity contribution is 1.29. The van der Waals surface area contributed by atoms with Gasteiger partial charge in [0.1, 0.15) is 0 Å². The summed E-state index contributed by atoms with van der Waals surface area (Å²) in [5, 5.41) is 7.70. The van der Waals surface area contributed by atoms with Gasteiger partial charge in [0.05, 0.1) is 11.9 Å². The summed E-state index contributed by atoms with van der Waals surface area (Å²) in [5.41, 5.74) is 7.18. The van der Waals surface area contributed by atoms with Crippen LogP contribution in [0.4, 0.5) is 5.13 Å². The average molecular weight is 328 g/mol. The van der Waals surface area contributed by atoms with Gasteiger partial charge < -0.3 is 0 Å². The molecule has 3 aromatic rings. The number of benzene rings is 2. The third kappa shape index (κ3) is 3.72. The van der Waals surface area contributed by atoms with E-state index in [2.05, 4.69) is 34.6 Å². The van der Waals surface area contributed by atoms with Crippen LogP contribution in [-0.2, 0) is 0 Å². The molecular weight excluding hydrogens is 314 g/mol. The topological polar surface area (TPSA) is 37.3 Å². The Labute approximate surface area is 138 Å². The molecule has 3 rings (SSSR count). The van der Waals surface area contributed by atoms with E-state index >= 15 is 0 Å². The minimum atomic E-state index is 0.722. The molecule has 0 radical (unpaired) electrons. The summed E-state index contributed by atoms with van der Waals surface area (Å²) in [6.07, 6.45) is 1.79. The lowest BCUT2D eigenvalue weighted by Gasteiger charge is -1.97. The van der Waals surface area contributed by atoms with E-state index in [0.29, 0.717) is 0 Å². The van der Waals surface area contributed by atoms with Crippen molar-refractivity contribution in [2.24, 2.45) is 5.10 Å². The van der Waals surface area contributed by atoms with Gasteiger partial charge in [-0.05, 0) is 24.6 Å². The average Bonchev–Trinajstić information content (AvgIpc) is 2.97. The van der Waals surface area contributed by atoms with Crippen molar-refractivity contribution in [3.63, 3.8) is 0 Å². The fourth-order valence-electron chi connectivity index (χ4n) is 1.99. The standard InChI is InChI=1S/C17H14ClN3S/c1-12-3-2-4-13(9-12)10-19-21-17-20-16(11-22-17)14-5-7-15(18)8-6-14/h2-11H,1H3,(H,20,21)/b19-10+. The van der Waals surface area contributed by atoms with Crippen molar-refractivity contribution in [1.82, 2.24) is 4.98 Å². The van der Waals surface area contributed by atoms with E-state index in [1.165, 1.54) is 16.9 Å². The quantitative estimate of drug-likeness (QED) is 0.527. The van der Waals surface area contributed by atoms with Crippen LogP contribution in [0, 0.1) is 6.92 Å². The Bertz CT molecular complexity index is 794. The molecule has 0 aliphatic heterocycles. The van der Waals surface area contributed by atoms with Crippen molar-refractivity contribution in [2.45, 2.75) is 6.92 Å². The number of nitrogens with one attached hydrogen (secondary N) is 1. The molecule has 1 aromatic heterocycles. The highest BCUT2D eigenvalue weighted by Gasteiger charge is 2.03. The Morgan fingerprint density at radius 1 is 1.18 bits per heavy atom. The highest BCUT2D eigenvalue weighted by Crippen LogP contribution is 2.25. The first-order chi connectivity index (χ1) is 10.7. The van der Waals surface area contributed by atoms with Crippen molar-refractivity contribution >= 4 is 34.3 Å². The van der Waals surface area contributed by atoms with E-state index < -0.39 is 0 Å². The van der Waals surface area contributed by atoms with E-state index in [0.717, 1.165) is 27.0 Å².